The van der Waals surface area contributed by atoms with Crippen molar-refractivity contribution in [2.45, 2.75) is 20.5 Å². The molecule has 0 aliphatic heterocycles. The molecule has 0 saturated heterocycles. The van der Waals surface area contributed by atoms with Crippen molar-refractivity contribution in [1.29, 1.82) is 0 Å². The summed E-state index contributed by atoms with van der Waals surface area (Å²) in [6, 6.07) is 6.90. The normalized spacial score (nSPS) is 11.5. The van der Waals surface area contributed by atoms with Crippen molar-refractivity contribution >= 4 is 16.9 Å². The monoisotopic (exact) mass is 284 g/mol. The first-order chi connectivity index (χ1) is 10.1. The number of benzene rings is 1. The van der Waals surface area contributed by atoms with Gasteiger partial charge in [0.2, 0.25) is 0 Å². The molecule has 0 fully saturated rings. The number of esters is 1. The molecule has 0 aliphatic rings. The smallest absolute Gasteiger partial charge is 0.336 e. The summed E-state index contributed by atoms with van der Waals surface area (Å²) in [5, 5.41) is 0.769. The lowest BCUT2D eigenvalue weighted by molar-refractivity contribution is -0.138. The Hall–Kier alpha value is -2.62. The number of carbonyl (C=O) groups is 1. The van der Waals surface area contributed by atoms with Gasteiger partial charge in [0, 0.05) is 23.1 Å². The second-order valence-electron chi connectivity index (χ2n) is 4.58. The Kier molecular flexibility index (Phi) is 4.72. The van der Waals surface area contributed by atoms with Gasteiger partial charge in [-0.05, 0) is 25.5 Å². The van der Waals surface area contributed by atoms with Crippen LogP contribution >= 0.6 is 0 Å². The van der Waals surface area contributed by atoms with E-state index in [1.54, 1.807) is 18.2 Å². The highest BCUT2D eigenvalue weighted by molar-refractivity contribution is 5.83. The number of fused-ring (bicyclic) bond motifs is 1. The van der Waals surface area contributed by atoms with E-state index in [0.29, 0.717) is 11.1 Å². The molecule has 21 heavy (non-hydrogen) atoms. The molecule has 0 radical (unpaired) electrons. The van der Waals surface area contributed by atoms with Gasteiger partial charge in [-0.2, -0.15) is 0 Å². The Morgan fingerprint density at radius 2 is 2.10 bits per heavy atom. The van der Waals surface area contributed by atoms with Gasteiger partial charge in [0.25, 0.3) is 0 Å². The molecule has 0 atom stereocenters. The zero-order valence-corrected chi connectivity index (χ0v) is 12.0. The Morgan fingerprint density at radius 1 is 1.29 bits per heavy atom. The van der Waals surface area contributed by atoms with Crippen LogP contribution in [-0.2, 0) is 16.1 Å². The summed E-state index contributed by atoms with van der Waals surface area (Å²) in [6.45, 7) is 3.80. The predicted octanol–water partition coefficient (Wildman–Crippen LogP) is 3.28. The van der Waals surface area contributed by atoms with Crippen molar-refractivity contribution in [3.63, 3.8) is 0 Å². The lowest BCUT2D eigenvalue weighted by Crippen LogP contribution is -2.05. The zero-order chi connectivity index (χ0) is 15.2. The Bertz CT molecular complexity index is 766. The minimum absolute atomic E-state index is 0.0319. The third-order valence-corrected chi connectivity index (χ3v) is 2.89. The molecule has 0 unspecified atom stereocenters. The van der Waals surface area contributed by atoms with Gasteiger partial charge in [0.15, 0.2) is 0 Å². The maximum Gasteiger partial charge on any atom is 0.336 e. The summed E-state index contributed by atoms with van der Waals surface area (Å²) in [6.07, 6.45) is 6.47. The Labute approximate surface area is 122 Å². The number of hydrogen-bond donors (Lipinski definition) is 0. The minimum Gasteiger partial charge on any atom is -0.458 e. The molecule has 108 valence electrons. The number of hydrogen-bond acceptors (Lipinski definition) is 4. The highest BCUT2D eigenvalue weighted by Crippen LogP contribution is 2.19. The fourth-order valence-corrected chi connectivity index (χ4v) is 1.90. The average Bonchev–Trinajstić information content (AvgIpc) is 2.44. The molecule has 0 N–H and O–H groups in total. The van der Waals surface area contributed by atoms with Crippen molar-refractivity contribution in [3.05, 3.63) is 70.1 Å². The van der Waals surface area contributed by atoms with E-state index >= 15 is 0 Å². The van der Waals surface area contributed by atoms with E-state index in [0.717, 1.165) is 10.9 Å². The van der Waals surface area contributed by atoms with Crippen LogP contribution in [-0.4, -0.2) is 5.97 Å². The fourth-order valence-electron chi connectivity index (χ4n) is 1.90. The summed E-state index contributed by atoms with van der Waals surface area (Å²) >= 11 is 0. The molecule has 0 amide bonds. The van der Waals surface area contributed by atoms with Gasteiger partial charge in [-0.1, -0.05) is 30.4 Å². The first-order valence-electron chi connectivity index (χ1n) is 6.59. The van der Waals surface area contributed by atoms with Crippen molar-refractivity contribution in [3.8, 4) is 0 Å². The van der Waals surface area contributed by atoms with Crippen LogP contribution in [0, 0.1) is 6.92 Å². The van der Waals surface area contributed by atoms with Crippen molar-refractivity contribution < 1.29 is 13.9 Å². The summed E-state index contributed by atoms with van der Waals surface area (Å²) in [4.78, 5) is 23.1. The maximum absolute atomic E-state index is 11.5. The summed E-state index contributed by atoms with van der Waals surface area (Å²) in [5.74, 6) is -0.457. The van der Waals surface area contributed by atoms with Crippen LogP contribution < -0.4 is 5.63 Å². The molecule has 1 aromatic carbocycles. The van der Waals surface area contributed by atoms with Crippen molar-refractivity contribution in [2.75, 3.05) is 0 Å². The number of aryl methyl sites for hydroxylation is 1. The van der Waals surface area contributed by atoms with E-state index in [9.17, 15) is 9.59 Å². The fraction of sp³-hybridized carbons (Fsp3) is 0.176. The second-order valence-corrected chi connectivity index (χ2v) is 4.58. The van der Waals surface area contributed by atoms with E-state index in [1.807, 2.05) is 32.1 Å². The molecule has 0 spiro atoms. The molecule has 0 saturated carbocycles. The lowest BCUT2D eigenvalue weighted by Gasteiger charge is -2.06. The highest BCUT2D eigenvalue weighted by atomic mass is 16.5. The highest BCUT2D eigenvalue weighted by Gasteiger charge is 2.07. The van der Waals surface area contributed by atoms with E-state index in [2.05, 4.69) is 0 Å². The summed E-state index contributed by atoms with van der Waals surface area (Å²) in [5.41, 5.74) is 1.67. The first-order valence-corrected chi connectivity index (χ1v) is 6.59. The predicted molar refractivity (Wildman–Crippen MR) is 81.0 cm³/mol. The molecule has 2 aromatic rings. The van der Waals surface area contributed by atoms with E-state index in [1.165, 1.54) is 12.1 Å². The summed E-state index contributed by atoms with van der Waals surface area (Å²) < 4.78 is 10.3. The van der Waals surface area contributed by atoms with Crippen LogP contribution in [0.5, 0.6) is 0 Å². The molecule has 0 aliphatic carbocycles. The van der Waals surface area contributed by atoms with Crippen LogP contribution in [0.4, 0.5) is 0 Å². The second kappa shape index (κ2) is 6.70. The molecule has 4 nitrogen and oxygen atoms in total. The van der Waals surface area contributed by atoms with Gasteiger partial charge in [0.05, 0.1) is 0 Å². The number of allylic oxidation sites excluding steroid dienone is 3. The van der Waals surface area contributed by atoms with Crippen molar-refractivity contribution in [1.82, 2.24) is 0 Å². The number of carbonyl (C=O) groups excluding carboxylic acids is 1. The SMILES string of the molecule is C/C=C/C=C/C(=O)OCc1cc(=O)oc2cc(C)ccc12. The topological polar surface area (TPSA) is 56.5 Å². The molecule has 0 bridgehead atoms. The average molecular weight is 284 g/mol. The van der Waals surface area contributed by atoms with Gasteiger partial charge < -0.3 is 9.15 Å². The van der Waals surface area contributed by atoms with Crippen LogP contribution in [0.25, 0.3) is 11.0 Å². The van der Waals surface area contributed by atoms with E-state index in [4.69, 9.17) is 9.15 Å². The van der Waals surface area contributed by atoms with Gasteiger partial charge in [-0.15, -0.1) is 0 Å². The lowest BCUT2D eigenvalue weighted by atomic mass is 10.1. The van der Waals surface area contributed by atoms with Gasteiger partial charge >= 0.3 is 11.6 Å². The van der Waals surface area contributed by atoms with E-state index < -0.39 is 11.6 Å². The number of ether oxygens (including phenoxy) is 1. The molecule has 1 heterocycles. The Morgan fingerprint density at radius 3 is 2.86 bits per heavy atom. The molecule has 2 rings (SSSR count). The van der Waals surface area contributed by atoms with Crippen LogP contribution in [0.1, 0.15) is 18.1 Å². The van der Waals surface area contributed by atoms with Crippen molar-refractivity contribution in [2.24, 2.45) is 0 Å². The van der Waals surface area contributed by atoms with Crippen LogP contribution in [0.3, 0.4) is 0 Å². The molecular weight excluding hydrogens is 268 g/mol. The quantitative estimate of drug-likeness (QED) is 0.374. The largest absolute Gasteiger partial charge is 0.458 e. The van der Waals surface area contributed by atoms with Gasteiger partial charge in [-0.25, -0.2) is 9.59 Å². The van der Waals surface area contributed by atoms with Crippen LogP contribution in [0.2, 0.25) is 0 Å². The standard InChI is InChI=1S/C17H16O4/c1-3-4-5-6-16(18)20-11-13-10-17(19)21-15-9-12(2)7-8-14(13)15/h3-10H,11H2,1-2H3/b4-3+,6-5+. The maximum atomic E-state index is 11.5. The molecule has 4 heteroatoms. The third-order valence-electron chi connectivity index (χ3n) is 2.89. The third kappa shape index (κ3) is 3.92. The first kappa shape index (κ1) is 14.8. The Balaban J connectivity index is 2.22. The molecule has 1 aromatic heterocycles. The van der Waals surface area contributed by atoms with Crippen LogP contribution in [0.15, 0.2) is 57.8 Å². The van der Waals surface area contributed by atoms with Gasteiger partial charge in [0.1, 0.15) is 12.2 Å². The summed E-state index contributed by atoms with van der Waals surface area (Å²) in [7, 11) is 0. The number of rotatable bonds is 4. The van der Waals surface area contributed by atoms with E-state index in [-0.39, 0.29) is 6.61 Å². The van der Waals surface area contributed by atoms with Gasteiger partial charge in [-0.3, -0.25) is 0 Å². The zero-order valence-electron chi connectivity index (χ0n) is 12.0. The molecular formula is C17H16O4. The minimum atomic E-state index is -0.457.